The van der Waals surface area contributed by atoms with Crippen molar-refractivity contribution in [2.45, 2.75) is 6.54 Å². The van der Waals surface area contributed by atoms with Crippen molar-refractivity contribution in [3.63, 3.8) is 0 Å². The summed E-state index contributed by atoms with van der Waals surface area (Å²) in [5.74, 6) is -0.316. The molecule has 0 aromatic heterocycles. The summed E-state index contributed by atoms with van der Waals surface area (Å²) >= 11 is 13.3. The molecule has 0 bridgehead atoms. The average Bonchev–Trinajstić information content (AvgIpc) is 2.48. The van der Waals surface area contributed by atoms with Gasteiger partial charge < -0.3 is 5.32 Å². The smallest absolute Gasteiger partial charge is 0.258 e. The second-order valence-corrected chi connectivity index (χ2v) is 6.31. The largest absolute Gasteiger partial charge is 0.358 e. The van der Waals surface area contributed by atoms with E-state index in [2.05, 4.69) is 33.2 Å². The zero-order valence-electron chi connectivity index (χ0n) is 10.9. The number of hydrogen-bond acceptors (Lipinski definition) is 2. The number of carbonyl (C=O) groups is 1. The molecule has 0 aliphatic rings. The van der Waals surface area contributed by atoms with Crippen LogP contribution < -0.4 is 10.6 Å². The third kappa shape index (κ3) is 4.94. The molecular weight excluding hydrogens is 419 g/mol. The van der Waals surface area contributed by atoms with E-state index in [4.69, 9.17) is 23.8 Å². The topological polar surface area (TPSA) is 41.1 Å². The number of thiocarbonyl (C=S) groups is 1. The Morgan fingerprint density at radius 1 is 1.19 bits per heavy atom. The van der Waals surface area contributed by atoms with Gasteiger partial charge >= 0.3 is 0 Å². The standard InChI is InChI=1S/C15H12ClIN2OS/c16-13-7-6-11(17)8-12(13)14(20)19-15(21)18-9-10-4-2-1-3-5-10/h1-8H,9H2,(H2,18,19,20,21). The van der Waals surface area contributed by atoms with Crippen molar-refractivity contribution in [1.82, 2.24) is 10.6 Å². The maximum atomic E-state index is 12.1. The van der Waals surface area contributed by atoms with E-state index in [-0.39, 0.29) is 11.0 Å². The summed E-state index contributed by atoms with van der Waals surface area (Å²) in [6.07, 6.45) is 0. The minimum atomic E-state index is -0.316. The van der Waals surface area contributed by atoms with E-state index in [0.29, 0.717) is 17.1 Å². The SMILES string of the molecule is O=C(NC(=S)NCc1ccccc1)c1cc(I)ccc1Cl. The van der Waals surface area contributed by atoms with Crippen LogP contribution in [-0.4, -0.2) is 11.0 Å². The first-order valence-corrected chi connectivity index (χ1v) is 8.01. The lowest BCUT2D eigenvalue weighted by atomic mass is 10.2. The minimum absolute atomic E-state index is 0.277. The van der Waals surface area contributed by atoms with Gasteiger partial charge in [-0.15, -0.1) is 0 Å². The first-order chi connectivity index (χ1) is 10.1. The number of amides is 1. The maximum Gasteiger partial charge on any atom is 0.258 e. The molecule has 0 spiro atoms. The Morgan fingerprint density at radius 3 is 2.62 bits per heavy atom. The molecule has 0 saturated carbocycles. The van der Waals surface area contributed by atoms with Crippen LogP contribution >= 0.6 is 46.4 Å². The molecular formula is C15H12ClIN2OS. The van der Waals surface area contributed by atoms with Gasteiger partial charge in [-0.25, -0.2) is 0 Å². The van der Waals surface area contributed by atoms with E-state index in [1.807, 2.05) is 36.4 Å². The lowest BCUT2D eigenvalue weighted by Crippen LogP contribution is -2.39. The molecule has 0 aliphatic carbocycles. The molecule has 0 aliphatic heterocycles. The Morgan fingerprint density at radius 2 is 1.90 bits per heavy atom. The third-order valence-electron chi connectivity index (χ3n) is 2.70. The van der Waals surface area contributed by atoms with Crippen molar-refractivity contribution < 1.29 is 4.79 Å². The molecule has 0 atom stereocenters. The van der Waals surface area contributed by atoms with E-state index < -0.39 is 0 Å². The van der Waals surface area contributed by atoms with E-state index in [9.17, 15) is 4.79 Å². The fourth-order valence-corrected chi connectivity index (χ4v) is 2.52. The van der Waals surface area contributed by atoms with Gasteiger partial charge in [0.2, 0.25) is 0 Å². The second kappa shape index (κ2) is 7.72. The van der Waals surface area contributed by atoms with Gasteiger partial charge in [0.25, 0.3) is 5.91 Å². The second-order valence-electron chi connectivity index (χ2n) is 4.25. The van der Waals surface area contributed by atoms with Gasteiger partial charge in [0.1, 0.15) is 0 Å². The van der Waals surface area contributed by atoms with Crippen molar-refractivity contribution in [2.24, 2.45) is 0 Å². The van der Waals surface area contributed by atoms with Gasteiger partial charge in [-0.05, 0) is 58.6 Å². The number of halogens is 2. The summed E-state index contributed by atoms with van der Waals surface area (Å²) in [6, 6.07) is 15.1. The molecule has 1 amide bonds. The first kappa shape index (κ1) is 16.2. The monoisotopic (exact) mass is 430 g/mol. The lowest BCUT2D eigenvalue weighted by molar-refractivity contribution is 0.0976. The number of nitrogens with one attached hydrogen (secondary N) is 2. The molecule has 2 N–H and O–H groups in total. The highest BCUT2D eigenvalue weighted by Gasteiger charge is 2.12. The van der Waals surface area contributed by atoms with Gasteiger partial charge in [0.15, 0.2) is 5.11 Å². The highest BCUT2D eigenvalue weighted by molar-refractivity contribution is 14.1. The molecule has 108 valence electrons. The zero-order chi connectivity index (χ0) is 15.2. The summed E-state index contributed by atoms with van der Waals surface area (Å²) in [5.41, 5.74) is 1.49. The quantitative estimate of drug-likeness (QED) is 0.576. The van der Waals surface area contributed by atoms with Crippen molar-refractivity contribution in [3.8, 4) is 0 Å². The van der Waals surface area contributed by atoms with E-state index in [0.717, 1.165) is 9.13 Å². The van der Waals surface area contributed by atoms with E-state index in [1.165, 1.54) is 0 Å². The number of hydrogen-bond donors (Lipinski definition) is 2. The van der Waals surface area contributed by atoms with Crippen molar-refractivity contribution in [3.05, 3.63) is 68.3 Å². The van der Waals surface area contributed by atoms with Crippen LogP contribution in [0, 0.1) is 3.57 Å². The van der Waals surface area contributed by atoms with Crippen LogP contribution in [-0.2, 0) is 6.54 Å². The molecule has 2 aromatic carbocycles. The molecule has 0 radical (unpaired) electrons. The summed E-state index contributed by atoms with van der Waals surface area (Å²) in [5, 5.41) is 6.29. The molecule has 0 fully saturated rings. The molecule has 0 heterocycles. The molecule has 2 rings (SSSR count). The van der Waals surface area contributed by atoms with E-state index >= 15 is 0 Å². The summed E-state index contributed by atoms with van der Waals surface area (Å²) in [7, 11) is 0. The summed E-state index contributed by atoms with van der Waals surface area (Å²) in [6.45, 7) is 0.556. The van der Waals surface area contributed by atoms with Crippen LogP contribution in [0.5, 0.6) is 0 Å². The Bertz CT molecular complexity index is 664. The van der Waals surface area contributed by atoms with E-state index in [1.54, 1.807) is 12.1 Å². The fourth-order valence-electron chi connectivity index (χ4n) is 1.66. The predicted octanol–water partition coefficient (Wildman–Crippen LogP) is 3.75. The van der Waals surface area contributed by atoms with Gasteiger partial charge in [-0.2, -0.15) is 0 Å². The highest BCUT2D eigenvalue weighted by atomic mass is 127. The van der Waals surface area contributed by atoms with Crippen LogP contribution in [0.25, 0.3) is 0 Å². The lowest BCUT2D eigenvalue weighted by Gasteiger charge is -2.10. The molecule has 0 saturated heterocycles. The number of rotatable bonds is 3. The molecule has 3 nitrogen and oxygen atoms in total. The molecule has 6 heteroatoms. The van der Waals surface area contributed by atoms with Crippen LogP contribution in [0.3, 0.4) is 0 Å². The van der Waals surface area contributed by atoms with Crippen LogP contribution in [0.2, 0.25) is 5.02 Å². The normalized spacial score (nSPS) is 10.0. The minimum Gasteiger partial charge on any atom is -0.358 e. The molecule has 0 unspecified atom stereocenters. The Balaban J connectivity index is 1.93. The first-order valence-electron chi connectivity index (χ1n) is 6.14. The van der Waals surface area contributed by atoms with Gasteiger partial charge in [-0.1, -0.05) is 41.9 Å². The Labute approximate surface area is 147 Å². The summed E-state index contributed by atoms with van der Waals surface area (Å²) < 4.78 is 0.935. The van der Waals surface area contributed by atoms with Gasteiger partial charge in [-0.3, -0.25) is 10.1 Å². The van der Waals surface area contributed by atoms with Crippen molar-refractivity contribution in [1.29, 1.82) is 0 Å². The molecule has 2 aromatic rings. The van der Waals surface area contributed by atoms with Crippen molar-refractivity contribution >= 4 is 57.4 Å². The number of carbonyl (C=O) groups excluding carboxylic acids is 1. The maximum absolute atomic E-state index is 12.1. The highest BCUT2D eigenvalue weighted by Crippen LogP contribution is 2.18. The van der Waals surface area contributed by atoms with Crippen LogP contribution in [0.15, 0.2) is 48.5 Å². The molecule has 21 heavy (non-hydrogen) atoms. The van der Waals surface area contributed by atoms with Gasteiger partial charge in [0.05, 0.1) is 10.6 Å². The van der Waals surface area contributed by atoms with Crippen LogP contribution in [0.4, 0.5) is 0 Å². The van der Waals surface area contributed by atoms with Gasteiger partial charge in [0, 0.05) is 10.1 Å². The zero-order valence-corrected chi connectivity index (χ0v) is 14.6. The Hall–Kier alpha value is -1.18. The van der Waals surface area contributed by atoms with Crippen LogP contribution in [0.1, 0.15) is 15.9 Å². The average molecular weight is 431 g/mol. The predicted molar refractivity (Wildman–Crippen MR) is 97.5 cm³/mol. The Kier molecular flexibility index (Phi) is 5.96. The summed E-state index contributed by atoms with van der Waals surface area (Å²) in [4.78, 5) is 12.1. The fraction of sp³-hybridized carbons (Fsp3) is 0.0667. The van der Waals surface area contributed by atoms with Crippen molar-refractivity contribution in [2.75, 3.05) is 0 Å². The third-order valence-corrected chi connectivity index (χ3v) is 3.94. The number of benzene rings is 2.